The van der Waals surface area contributed by atoms with Crippen molar-refractivity contribution in [1.82, 2.24) is 25.3 Å². The number of amides is 1. The van der Waals surface area contributed by atoms with E-state index in [-0.39, 0.29) is 5.91 Å². The van der Waals surface area contributed by atoms with Crippen LogP contribution in [-0.2, 0) is 13.0 Å². The van der Waals surface area contributed by atoms with Crippen molar-refractivity contribution < 1.29 is 4.79 Å². The maximum absolute atomic E-state index is 12.3. The van der Waals surface area contributed by atoms with Gasteiger partial charge in [-0.3, -0.25) is 9.78 Å². The fourth-order valence-corrected chi connectivity index (χ4v) is 2.41. The molecule has 0 aliphatic heterocycles. The van der Waals surface area contributed by atoms with Crippen molar-refractivity contribution in [3.63, 3.8) is 0 Å². The van der Waals surface area contributed by atoms with Gasteiger partial charge in [0.2, 0.25) is 0 Å². The Hall–Kier alpha value is -3.02. The number of nitrogens with one attached hydrogen (secondary N) is 1. The van der Waals surface area contributed by atoms with E-state index in [0.717, 1.165) is 17.8 Å². The number of aromatic nitrogens is 4. The molecule has 3 aromatic rings. The molecule has 122 valence electrons. The Morgan fingerprint density at radius 2 is 1.96 bits per heavy atom. The first-order valence-electron chi connectivity index (χ1n) is 7.88. The van der Waals surface area contributed by atoms with Gasteiger partial charge in [-0.05, 0) is 43.2 Å². The van der Waals surface area contributed by atoms with Crippen LogP contribution >= 0.6 is 0 Å². The molecular weight excluding hydrogens is 302 g/mol. The van der Waals surface area contributed by atoms with Gasteiger partial charge in [-0.2, -0.15) is 0 Å². The summed E-state index contributed by atoms with van der Waals surface area (Å²) in [4.78, 5) is 16.5. The maximum atomic E-state index is 12.3. The Bertz CT molecular complexity index is 824. The lowest BCUT2D eigenvalue weighted by Gasteiger charge is -2.05. The lowest BCUT2D eigenvalue weighted by molar-refractivity contribution is 0.0944. The van der Waals surface area contributed by atoms with E-state index in [1.165, 1.54) is 5.56 Å². The highest BCUT2D eigenvalue weighted by Gasteiger charge is 2.17. The lowest BCUT2D eigenvalue weighted by atomic mass is 10.1. The summed E-state index contributed by atoms with van der Waals surface area (Å²) in [5.74, 6) is -0.255. The van der Waals surface area contributed by atoms with Crippen LogP contribution < -0.4 is 5.32 Å². The van der Waals surface area contributed by atoms with Gasteiger partial charge >= 0.3 is 0 Å². The van der Waals surface area contributed by atoms with Gasteiger partial charge in [-0.15, -0.1) is 5.10 Å². The molecule has 0 saturated carbocycles. The Labute approximate surface area is 140 Å². The van der Waals surface area contributed by atoms with E-state index < -0.39 is 0 Å². The number of aryl methyl sites for hydroxylation is 1. The van der Waals surface area contributed by atoms with Gasteiger partial charge in [-0.25, -0.2) is 4.68 Å². The van der Waals surface area contributed by atoms with Crippen molar-refractivity contribution in [1.29, 1.82) is 0 Å². The zero-order valence-electron chi connectivity index (χ0n) is 13.7. The van der Waals surface area contributed by atoms with Crippen LogP contribution in [0.2, 0.25) is 0 Å². The maximum Gasteiger partial charge on any atom is 0.274 e. The summed E-state index contributed by atoms with van der Waals surface area (Å²) in [7, 11) is 0. The van der Waals surface area contributed by atoms with E-state index in [2.05, 4.69) is 39.7 Å². The zero-order valence-corrected chi connectivity index (χ0v) is 13.7. The van der Waals surface area contributed by atoms with E-state index in [1.807, 2.05) is 37.3 Å². The predicted octanol–water partition coefficient (Wildman–Crippen LogP) is 2.46. The van der Waals surface area contributed by atoms with Crippen LogP contribution in [0.5, 0.6) is 0 Å². The number of nitrogens with zero attached hydrogens (tertiary/aromatic N) is 4. The number of carbonyl (C=O) groups is 1. The van der Waals surface area contributed by atoms with Crippen LogP contribution in [0.1, 0.15) is 34.4 Å². The second-order valence-corrected chi connectivity index (χ2v) is 5.46. The van der Waals surface area contributed by atoms with Crippen molar-refractivity contribution in [2.45, 2.75) is 26.8 Å². The third kappa shape index (κ3) is 3.32. The summed E-state index contributed by atoms with van der Waals surface area (Å²) < 4.78 is 1.68. The highest BCUT2D eigenvalue weighted by Crippen LogP contribution is 2.13. The summed E-state index contributed by atoms with van der Waals surface area (Å²) in [6.07, 6.45) is 2.68. The third-order valence-corrected chi connectivity index (χ3v) is 3.86. The number of benzene rings is 1. The second kappa shape index (κ2) is 7.04. The van der Waals surface area contributed by atoms with E-state index in [1.54, 1.807) is 10.9 Å². The molecule has 2 heterocycles. The molecule has 24 heavy (non-hydrogen) atoms. The van der Waals surface area contributed by atoms with Crippen LogP contribution in [0.15, 0.2) is 48.7 Å². The quantitative estimate of drug-likeness (QED) is 0.783. The van der Waals surface area contributed by atoms with Crippen LogP contribution in [0, 0.1) is 6.92 Å². The predicted molar refractivity (Wildman–Crippen MR) is 90.9 cm³/mol. The highest BCUT2D eigenvalue weighted by molar-refractivity contribution is 5.93. The molecule has 1 amide bonds. The molecule has 0 aliphatic carbocycles. The van der Waals surface area contributed by atoms with E-state index in [0.29, 0.717) is 17.9 Å². The highest BCUT2D eigenvalue weighted by atomic mass is 16.2. The van der Waals surface area contributed by atoms with Gasteiger partial charge in [0.25, 0.3) is 5.91 Å². The van der Waals surface area contributed by atoms with Gasteiger partial charge in [0, 0.05) is 6.20 Å². The fourth-order valence-electron chi connectivity index (χ4n) is 2.41. The first kappa shape index (κ1) is 15.9. The monoisotopic (exact) mass is 321 g/mol. The lowest BCUT2D eigenvalue weighted by Crippen LogP contribution is -2.24. The topological polar surface area (TPSA) is 72.7 Å². The van der Waals surface area contributed by atoms with Crippen molar-refractivity contribution >= 4 is 5.91 Å². The molecule has 0 atom stereocenters. The van der Waals surface area contributed by atoms with Crippen LogP contribution in [0.4, 0.5) is 0 Å². The van der Waals surface area contributed by atoms with Crippen LogP contribution in [0.3, 0.4) is 0 Å². The van der Waals surface area contributed by atoms with Crippen molar-refractivity contribution in [2.75, 3.05) is 0 Å². The zero-order chi connectivity index (χ0) is 16.9. The second-order valence-electron chi connectivity index (χ2n) is 5.46. The standard InChI is InChI=1S/C18H19N5O/c1-3-14-7-9-16(10-8-14)23-13(2)17(21-22-23)18(24)20-12-15-6-4-5-11-19-15/h4-11H,3,12H2,1-2H3,(H,20,24). The summed E-state index contributed by atoms with van der Waals surface area (Å²) in [6.45, 7) is 4.31. The normalized spacial score (nSPS) is 10.6. The Morgan fingerprint density at radius 1 is 1.17 bits per heavy atom. The molecule has 2 aromatic heterocycles. The molecule has 0 unspecified atom stereocenters. The minimum Gasteiger partial charge on any atom is -0.345 e. The molecular formula is C18H19N5O. The van der Waals surface area contributed by atoms with Crippen molar-refractivity contribution in [2.24, 2.45) is 0 Å². The van der Waals surface area contributed by atoms with Crippen LogP contribution in [0.25, 0.3) is 5.69 Å². The Balaban J connectivity index is 1.75. The molecule has 1 aromatic carbocycles. The Morgan fingerprint density at radius 3 is 2.62 bits per heavy atom. The molecule has 0 saturated heterocycles. The van der Waals surface area contributed by atoms with Gasteiger partial charge in [-0.1, -0.05) is 30.3 Å². The summed E-state index contributed by atoms with van der Waals surface area (Å²) in [5, 5.41) is 11.0. The van der Waals surface area contributed by atoms with Crippen molar-refractivity contribution in [3.8, 4) is 5.69 Å². The summed E-state index contributed by atoms with van der Waals surface area (Å²) in [6, 6.07) is 13.7. The number of hydrogen-bond acceptors (Lipinski definition) is 4. The molecule has 0 radical (unpaired) electrons. The van der Waals surface area contributed by atoms with Gasteiger partial charge in [0.05, 0.1) is 23.6 Å². The molecule has 6 heteroatoms. The van der Waals surface area contributed by atoms with E-state index in [4.69, 9.17) is 0 Å². The summed E-state index contributed by atoms with van der Waals surface area (Å²) >= 11 is 0. The fraction of sp³-hybridized carbons (Fsp3) is 0.222. The molecule has 0 aliphatic rings. The number of carbonyl (C=O) groups excluding carboxylic acids is 1. The molecule has 3 rings (SSSR count). The van der Waals surface area contributed by atoms with Crippen LogP contribution in [-0.4, -0.2) is 25.9 Å². The van der Waals surface area contributed by atoms with E-state index >= 15 is 0 Å². The number of rotatable bonds is 5. The smallest absolute Gasteiger partial charge is 0.274 e. The van der Waals surface area contributed by atoms with Gasteiger partial charge in [0.1, 0.15) is 0 Å². The van der Waals surface area contributed by atoms with Gasteiger partial charge in [0.15, 0.2) is 5.69 Å². The van der Waals surface area contributed by atoms with Gasteiger partial charge < -0.3 is 5.32 Å². The minimum atomic E-state index is -0.255. The average molecular weight is 321 g/mol. The van der Waals surface area contributed by atoms with E-state index in [9.17, 15) is 4.79 Å². The molecule has 6 nitrogen and oxygen atoms in total. The third-order valence-electron chi connectivity index (χ3n) is 3.86. The molecule has 0 spiro atoms. The number of hydrogen-bond donors (Lipinski definition) is 1. The first-order valence-corrected chi connectivity index (χ1v) is 7.88. The first-order chi connectivity index (χ1) is 11.7. The summed E-state index contributed by atoms with van der Waals surface area (Å²) in [5.41, 5.74) is 3.97. The molecule has 1 N–H and O–H groups in total. The minimum absolute atomic E-state index is 0.255. The number of pyridine rings is 1. The molecule has 0 bridgehead atoms. The SMILES string of the molecule is CCc1ccc(-n2nnc(C(=O)NCc3ccccn3)c2C)cc1. The average Bonchev–Trinajstić information content (AvgIpc) is 3.02. The largest absolute Gasteiger partial charge is 0.345 e. The van der Waals surface area contributed by atoms with Crippen molar-refractivity contribution in [3.05, 3.63) is 71.3 Å². The molecule has 0 fully saturated rings. The Kier molecular flexibility index (Phi) is 4.65.